The summed E-state index contributed by atoms with van der Waals surface area (Å²) in [7, 11) is -0.911. The van der Waals surface area contributed by atoms with Gasteiger partial charge in [-0.25, -0.2) is 12.8 Å². The maximum absolute atomic E-state index is 13.4. The lowest BCUT2D eigenvalue weighted by Crippen LogP contribution is -2.10. The molecule has 0 radical (unpaired) electrons. The second kappa shape index (κ2) is 9.96. The molecule has 1 heterocycles. The Labute approximate surface area is 197 Å². The van der Waals surface area contributed by atoms with Gasteiger partial charge in [-0.15, -0.1) is 0 Å². The van der Waals surface area contributed by atoms with Crippen molar-refractivity contribution < 1.29 is 26.7 Å². The Morgan fingerprint density at radius 2 is 1.47 bits per heavy atom. The van der Waals surface area contributed by atoms with Gasteiger partial charge < -0.3 is 19.2 Å². The lowest BCUT2D eigenvalue weighted by molar-refractivity contribution is 0.414. The van der Waals surface area contributed by atoms with Crippen LogP contribution in [0.3, 0.4) is 0 Å². The van der Waals surface area contributed by atoms with E-state index in [0.29, 0.717) is 24.3 Å². The fourth-order valence-corrected chi connectivity index (χ4v) is 4.57. The zero-order valence-corrected chi connectivity index (χ0v) is 19.4. The predicted octanol–water partition coefficient (Wildman–Crippen LogP) is 4.99. The molecule has 3 aromatic carbocycles. The standard InChI is InChI=1S/C25H23FN2O5S/c1-31-20-9-3-17(4-10-20)15-16-27-24-25(34(29,30)22-13-7-19(26)8-14-22)28-23(33-24)18-5-11-21(32-2)12-6-18/h3-14,27H,15-16H2,1-2H3. The average molecular weight is 483 g/mol. The Bertz CT molecular complexity index is 1350. The van der Waals surface area contributed by atoms with Gasteiger partial charge in [-0.2, -0.15) is 4.98 Å². The molecule has 0 aliphatic rings. The van der Waals surface area contributed by atoms with E-state index in [9.17, 15) is 12.8 Å². The van der Waals surface area contributed by atoms with Crippen molar-refractivity contribution in [3.05, 3.63) is 84.2 Å². The lowest BCUT2D eigenvalue weighted by atomic mass is 10.1. The number of sulfone groups is 1. The summed E-state index contributed by atoms with van der Waals surface area (Å²) >= 11 is 0. The molecule has 1 N–H and O–H groups in total. The van der Waals surface area contributed by atoms with Crippen LogP contribution in [0.1, 0.15) is 5.56 Å². The summed E-state index contributed by atoms with van der Waals surface area (Å²) in [5.74, 6) is 1.02. The van der Waals surface area contributed by atoms with Gasteiger partial charge in [-0.05, 0) is 72.6 Å². The van der Waals surface area contributed by atoms with E-state index in [2.05, 4.69) is 10.3 Å². The third-order valence-corrected chi connectivity index (χ3v) is 6.85. The molecule has 0 fully saturated rings. The maximum atomic E-state index is 13.4. The number of anilines is 1. The van der Waals surface area contributed by atoms with Crippen molar-refractivity contribution >= 4 is 15.7 Å². The normalized spacial score (nSPS) is 11.3. The zero-order valence-electron chi connectivity index (χ0n) is 18.6. The number of ether oxygens (including phenoxy) is 2. The van der Waals surface area contributed by atoms with E-state index >= 15 is 0 Å². The maximum Gasteiger partial charge on any atom is 0.233 e. The third kappa shape index (κ3) is 5.04. The fourth-order valence-electron chi connectivity index (χ4n) is 3.29. The summed E-state index contributed by atoms with van der Waals surface area (Å²) < 4.78 is 56.1. The van der Waals surface area contributed by atoms with Crippen molar-refractivity contribution in [1.82, 2.24) is 4.98 Å². The minimum Gasteiger partial charge on any atom is -0.497 e. The SMILES string of the molecule is COc1ccc(CCNc2oc(-c3ccc(OC)cc3)nc2S(=O)(=O)c2ccc(F)cc2)cc1. The molecule has 176 valence electrons. The molecule has 4 rings (SSSR count). The molecule has 0 aliphatic heterocycles. The van der Waals surface area contributed by atoms with Crippen molar-refractivity contribution in [3.63, 3.8) is 0 Å². The van der Waals surface area contributed by atoms with Crippen LogP contribution in [0, 0.1) is 5.82 Å². The molecule has 0 unspecified atom stereocenters. The van der Waals surface area contributed by atoms with Crippen LogP contribution in [0.4, 0.5) is 10.3 Å². The lowest BCUT2D eigenvalue weighted by Gasteiger charge is -2.07. The van der Waals surface area contributed by atoms with Gasteiger partial charge in [0.15, 0.2) is 0 Å². The number of hydrogen-bond acceptors (Lipinski definition) is 7. The second-order valence-corrected chi connectivity index (χ2v) is 9.23. The smallest absolute Gasteiger partial charge is 0.233 e. The second-order valence-electron chi connectivity index (χ2n) is 7.36. The Morgan fingerprint density at radius 1 is 0.882 bits per heavy atom. The van der Waals surface area contributed by atoms with Crippen LogP contribution in [-0.2, 0) is 16.3 Å². The predicted molar refractivity (Wildman–Crippen MR) is 126 cm³/mol. The zero-order chi connectivity index (χ0) is 24.1. The van der Waals surface area contributed by atoms with Crippen molar-refractivity contribution in [2.75, 3.05) is 26.1 Å². The number of methoxy groups -OCH3 is 2. The molecule has 0 saturated heterocycles. The van der Waals surface area contributed by atoms with E-state index in [0.717, 1.165) is 23.4 Å². The first-order valence-corrected chi connectivity index (χ1v) is 11.9. The third-order valence-electron chi connectivity index (χ3n) is 5.17. The summed E-state index contributed by atoms with van der Waals surface area (Å²) in [6.45, 7) is 0.398. The molecule has 9 heteroatoms. The van der Waals surface area contributed by atoms with E-state index < -0.39 is 15.7 Å². The highest BCUT2D eigenvalue weighted by Gasteiger charge is 2.28. The summed E-state index contributed by atoms with van der Waals surface area (Å²) in [6, 6.07) is 19.1. The molecule has 0 spiro atoms. The van der Waals surface area contributed by atoms with E-state index in [1.165, 1.54) is 12.1 Å². The molecule has 1 aromatic heterocycles. The van der Waals surface area contributed by atoms with Gasteiger partial charge in [0.05, 0.1) is 19.1 Å². The van der Waals surface area contributed by atoms with Crippen LogP contribution in [0.5, 0.6) is 11.5 Å². The van der Waals surface area contributed by atoms with Crippen LogP contribution in [-0.4, -0.2) is 34.2 Å². The average Bonchev–Trinajstić information content (AvgIpc) is 3.30. The van der Waals surface area contributed by atoms with Gasteiger partial charge in [-0.3, -0.25) is 0 Å². The fraction of sp³-hybridized carbons (Fsp3) is 0.160. The van der Waals surface area contributed by atoms with Crippen molar-refractivity contribution in [3.8, 4) is 23.0 Å². The van der Waals surface area contributed by atoms with Crippen molar-refractivity contribution in [2.24, 2.45) is 0 Å². The molecular weight excluding hydrogens is 459 g/mol. The molecular formula is C25H23FN2O5S. The molecule has 0 amide bonds. The Balaban J connectivity index is 1.64. The quantitative estimate of drug-likeness (QED) is 0.336. The first-order valence-electron chi connectivity index (χ1n) is 10.4. The van der Waals surface area contributed by atoms with E-state index in [1.807, 2.05) is 24.3 Å². The number of rotatable bonds is 9. The van der Waals surface area contributed by atoms with E-state index in [-0.39, 0.29) is 21.7 Å². The Hall–Kier alpha value is -3.85. The van der Waals surface area contributed by atoms with Gasteiger partial charge in [0, 0.05) is 12.1 Å². The summed E-state index contributed by atoms with van der Waals surface area (Å²) in [6.07, 6.45) is 0.610. The van der Waals surface area contributed by atoms with Crippen LogP contribution in [0.25, 0.3) is 11.5 Å². The monoisotopic (exact) mass is 482 g/mol. The number of benzene rings is 3. The molecule has 7 nitrogen and oxygen atoms in total. The van der Waals surface area contributed by atoms with Crippen LogP contribution >= 0.6 is 0 Å². The summed E-state index contributed by atoms with van der Waals surface area (Å²) in [5.41, 5.74) is 1.62. The number of nitrogens with one attached hydrogen (secondary N) is 1. The Kier molecular flexibility index (Phi) is 6.83. The minimum atomic E-state index is -4.07. The molecule has 4 aromatic rings. The van der Waals surface area contributed by atoms with Crippen LogP contribution in [0.15, 0.2) is 87.1 Å². The number of nitrogens with zero attached hydrogens (tertiary/aromatic N) is 1. The van der Waals surface area contributed by atoms with Gasteiger partial charge in [0.2, 0.25) is 26.6 Å². The van der Waals surface area contributed by atoms with Crippen LogP contribution in [0.2, 0.25) is 0 Å². The molecule has 34 heavy (non-hydrogen) atoms. The summed E-state index contributed by atoms with van der Waals surface area (Å²) in [4.78, 5) is 4.20. The number of aromatic nitrogens is 1. The van der Waals surface area contributed by atoms with Gasteiger partial charge in [0.25, 0.3) is 0 Å². The van der Waals surface area contributed by atoms with E-state index in [4.69, 9.17) is 13.9 Å². The Morgan fingerprint density at radius 3 is 2.06 bits per heavy atom. The van der Waals surface area contributed by atoms with Crippen molar-refractivity contribution in [1.29, 1.82) is 0 Å². The highest BCUT2D eigenvalue weighted by molar-refractivity contribution is 7.91. The number of hydrogen-bond donors (Lipinski definition) is 1. The van der Waals surface area contributed by atoms with Crippen LogP contribution < -0.4 is 14.8 Å². The highest BCUT2D eigenvalue weighted by Crippen LogP contribution is 2.33. The minimum absolute atomic E-state index is 0.0173. The topological polar surface area (TPSA) is 90.7 Å². The molecule has 0 atom stereocenters. The summed E-state index contributed by atoms with van der Waals surface area (Å²) in [5, 5.41) is 2.79. The first kappa shape index (κ1) is 23.3. The van der Waals surface area contributed by atoms with Crippen molar-refractivity contribution in [2.45, 2.75) is 16.3 Å². The van der Waals surface area contributed by atoms with Gasteiger partial charge >= 0.3 is 0 Å². The highest BCUT2D eigenvalue weighted by atomic mass is 32.2. The van der Waals surface area contributed by atoms with Gasteiger partial charge in [-0.1, -0.05) is 12.1 Å². The molecule has 0 saturated carbocycles. The number of oxazole rings is 1. The largest absolute Gasteiger partial charge is 0.497 e. The molecule has 0 aliphatic carbocycles. The molecule has 0 bridgehead atoms. The number of halogens is 1. The first-order chi connectivity index (χ1) is 16.4. The van der Waals surface area contributed by atoms with Gasteiger partial charge in [0.1, 0.15) is 17.3 Å². The van der Waals surface area contributed by atoms with E-state index in [1.54, 1.807) is 38.5 Å².